The summed E-state index contributed by atoms with van der Waals surface area (Å²) in [6, 6.07) is 7.35. The molecule has 1 atom stereocenters. The highest BCUT2D eigenvalue weighted by Gasteiger charge is 2.31. The largest absolute Gasteiger partial charge is 0.399 e. The van der Waals surface area contributed by atoms with Gasteiger partial charge in [-0.3, -0.25) is 4.79 Å². The number of hydrogen-bond donors (Lipinski definition) is 1. The number of carbonyl (C=O) groups excluding carboxylic acids is 1. The topological polar surface area (TPSA) is 46.3 Å². The third kappa shape index (κ3) is 2.96. The lowest BCUT2D eigenvalue weighted by atomic mass is 9.97. The second kappa shape index (κ2) is 6.90. The Morgan fingerprint density at radius 3 is 2.91 bits per heavy atom. The Labute approximate surface area is 145 Å². The zero-order valence-electron chi connectivity index (χ0n) is 12.2. The predicted molar refractivity (Wildman–Crippen MR) is 95.2 cm³/mol. The first-order chi connectivity index (χ1) is 10.1. The monoisotopic (exact) mass is 356 g/mol. The fourth-order valence-electron chi connectivity index (χ4n) is 2.94. The standard InChI is InChI=1S/C16H17ClN2OS.ClH/c1-2-14-12-6-8-21-15(12)5-7-19(14)16(20)11-4-3-10(18)9-13(11)17;/h3-4,6,8-9,14H,2,5,7,18H2,1H3;1H. The van der Waals surface area contributed by atoms with Crippen LogP contribution in [0.3, 0.4) is 0 Å². The second-order valence-corrected chi connectivity index (χ2v) is 6.62. The van der Waals surface area contributed by atoms with E-state index in [2.05, 4.69) is 18.4 Å². The van der Waals surface area contributed by atoms with Crippen LogP contribution in [0.1, 0.15) is 40.2 Å². The van der Waals surface area contributed by atoms with Gasteiger partial charge in [-0.05, 0) is 48.1 Å². The first-order valence-electron chi connectivity index (χ1n) is 7.04. The van der Waals surface area contributed by atoms with Gasteiger partial charge in [0, 0.05) is 17.1 Å². The van der Waals surface area contributed by atoms with E-state index in [9.17, 15) is 4.79 Å². The van der Waals surface area contributed by atoms with Crippen LogP contribution in [0.15, 0.2) is 29.6 Å². The van der Waals surface area contributed by atoms with Crippen LogP contribution in [-0.4, -0.2) is 17.4 Å². The van der Waals surface area contributed by atoms with Crippen molar-refractivity contribution in [2.24, 2.45) is 0 Å². The molecule has 0 bridgehead atoms. The van der Waals surface area contributed by atoms with Crippen LogP contribution in [0, 0.1) is 0 Å². The number of rotatable bonds is 2. The maximum atomic E-state index is 12.8. The van der Waals surface area contributed by atoms with Gasteiger partial charge in [-0.25, -0.2) is 0 Å². The van der Waals surface area contributed by atoms with Crippen molar-refractivity contribution in [1.82, 2.24) is 4.90 Å². The molecule has 0 spiro atoms. The van der Waals surface area contributed by atoms with E-state index < -0.39 is 0 Å². The molecule has 1 aliphatic heterocycles. The summed E-state index contributed by atoms with van der Waals surface area (Å²) in [5, 5.41) is 2.53. The Morgan fingerprint density at radius 2 is 2.23 bits per heavy atom. The SMILES string of the molecule is CCC1c2ccsc2CCN1C(=O)c1ccc(N)cc1Cl.Cl. The Hall–Kier alpha value is -1.23. The number of benzene rings is 1. The van der Waals surface area contributed by atoms with Crippen LogP contribution in [0.2, 0.25) is 5.02 Å². The van der Waals surface area contributed by atoms with Gasteiger partial charge in [0.05, 0.1) is 16.6 Å². The molecule has 22 heavy (non-hydrogen) atoms. The highest BCUT2D eigenvalue weighted by Crippen LogP contribution is 2.36. The van der Waals surface area contributed by atoms with Crippen molar-refractivity contribution in [3.63, 3.8) is 0 Å². The molecule has 2 N–H and O–H groups in total. The summed E-state index contributed by atoms with van der Waals surface area (Å²) in [6.07, 6.45) is 1.82. The fourth-order valence-corrected chi connectivity index (χ4v) is 4.14. The van der Waals surface area contributed by atoms with Gasteiger partial charge in [0.15, 0.2) is 0 Å². The van der Waals surface area contributed by atoms with E-state index >= 15 is 0 Å². The molecule has 1 unspecified atom stereocenters. The number of hydrogen-bond acceptors (Lipinski definition) is 3. The van der Waals surface area contributed by atoms with Crippen molar-refractivity contribution in [3.05, 3.63) is 50.7 Å². The van der Waals surface area contributed by atoms with Gasteiger partial charge in [-0.15, -0.1) is 23.7 Å². The smallest absolute Gasteiger partial charge is 0.255 e. The first kappa shape index (κ1) is 17.1. The number of anilines is 1. The number of amides is 1. The summed E-state index contributed by atoms with van der Waals surface area (Å²) < 4.78 is 0. The molecule has 3 rings (SSSR count). The van der Waals surface area contributed by atoms with Crippen molar-refractivity contribution in [2.75, 3.05) is 12.3 Å². The Balaban J connectivity index is 0.00000176. The molecule has 0 radical (unpaired) electrons. The van der Waals surface area contributed by atoms with Gasteiger partial charge >= 0.3 is 0 Å². The van der Waals surface area contributed by atoms with Crippen LogP contribution in [0.25, 0.3) is 0 Å². The average molecular weight is 357 g/mol. The molecule has 3 nitrogen and oxygen atoms in total. The molecular formula is C16H18Cl2N2OS. The number of thiophene rings is 1. The summed E-state index contributed by atoms with van der Waals surface area (Å²) in [4.78, 5) is 16.2. The van der Waals surface area contributed by atoms with Crippen LogP contribution in [-0.2, 0) is 6.42 Å². The van der Waals surface area contributed by atoms with E-state index in [4.69, 9.17) is 17.3 Å². The molecule has 1 aromatic heterocycles. The van der Waals surface area contributed by atoms with Crippen molar-refractivity contribution < 1.29 is 4.79 Å². The maximum absolute atomic E-state index is 12.8. The average Bonchev–Trinajstić information content (AvgIpc) is 2.94. The molecular weight excluding hydrogens is 339 g/mol. The van der Waals surface area contributed by atoms with E-state index in [1.165, 1.54) is 10.4 Å². The fraction of sp³-hybridized carbons (Fsp3) is 0.312. The Bertz CT molecular complexity index is 687. The van der Waals surface area contributed by atoms with Crippen molar-refractivity contribution >= 4 is 46.9 Å². The third-order valence-corrected chi connectivity index (χ3v) is 5.28. The summed E-state index contributed by atoms with van der Waals surface area (Å²) in [6.45, 7) is 2.86. The van der Waals surface area contributed by atoms with Gasteiger partial charge in [0.2, 0.25) is 0 Å². The molecule has 0 saturated heterocycles. The maximum Gasteiger partial charge on any atom is 0.255 e. The van der Waals surface area contributed by atoms with Crippen molar-refractivity contribution in [2.45, 2.75) is 25.8 Å². The van der Waals surface area contributed by atoms with Crippen LogP contribution in [0.5, 0.6) is 0 Å². The second-order valence-electron chi connectivity index (χ2n) is 5.21. The van der Waals surface area contributed by atoms with Gasteiger partial charge in [0.25, 0.3) is 5.91 Å². The Kier molecular flexibility index (Phi) is 5.37. The number of nitrogens with two attached hydrogens (primary N) is 1. The minimum Gasteiger partial charge on any atom is -0.399 e. The molecule has 1 aromatic carbocycles. The van der Waals surface area contributed by atoms with Gasteiger partial charge in [-0.2, -0.15) is 0 Å². The molecule has 0 fully saturated rings. The predicted octanol–water partition coefficient (Wildman–Crippen LogP) is 4.56. The van der Waals surface area contributed by atoms with Gasteiger partial charge in [0.1, 0.15) is 0 Å². The summed E-state index contributed by atoms with van der Waals surface area (Å²) in [5.41, 5.74) is 8.09. The lowest BCUT2D eigenvalue weighted by molar-refractivity contribution is 0.0657. The van der Waals surface area contributed by atoms with Crippen LogP contribution < -0.4 is 5.73 Å². The molecule has 1 aliphatic rings. The molecule has 6 heteroatoms. The number of carbonyl (C=O) groups is 1. The lowest BCUT2D eigenvalue weighted by Gasteiger charge is -2.35. The van der Waals surface area contributed by atoms with E-state index in [1.54, 1.807) is 29.5 Å². The van der Waals surface area contributed by atoms with Crippen molar-refractivity contribution in [3.8, 4) is 0 Å². The van der Waals surface area contributed by atoms with Gasteiger partial charge in [-0.1, -0.05) is 18.5 Å². The van der Waals surface area contributed by atoms with Crippen LogP contribution in [0.4, 0.5) is 5.69 Å². The van der Waals surface area contributed by atoms with E-state index in [0.29, 0.717) is 16.3 Å². The third-order valence-electron chi connectivity index (χ3n) is 3.97. The number of nitrogens with zero attached hydrogens (tertiary/aromatic N) is 1. The molecule has 1 amide bonds. The molecule has 0 aliphatic carbocycles. The van der Waals surface area contributed by atoms with Crippen LogP contribution >= 0.6 is 35.3 Å². The van der Waals surface area contributed by atoms with E-state index in [1.807, 2.05) is 4.90 Å². The molecule has 2 aromatic rings. The van der Waals surface area contributed by atoms with Gasteiger partial charge < -0.3 is 10.6 Å². The highest BCUT2D eigenvalue weighted by atomic mass is 35.5. The first-order valence-corrected chi connectivity index (χ1v) is 8.29. The minimum atomic E-state index is -0.0105. The Morgan fingerprint density at radius 1 is 1.45 bits per heavy atom. The summed E-state index contributed by atoms with van der Waals surface area (Å²) in [7, 11) is 0. The molecule has 0 saturated carbocycles. The number of nitrogen functional groups attached to an aromatic ring is 1. The van der Waals surface area contributed by atoms with E-state index in [-0.39, 0.29) is 24.4 Å². The number of fused-ring (bicyclic) bond motifs is 1. The highest BCUT2D eigenvalue weighted by molar-refractivity contribution is 7.10. The molecule has 118 valence electrons. The lowest BCUT2D eigenvalue weighted by Crippen LogP contribution is -2.39. The molecule has 2 heterocycles. The zero-order valence-corrected chi connectivity index (χ0v) is 14.6. The van der Waals surface area contributed by atoms with E-state index in [0.717, 1.165) is 19.4 Å². The normalized spacial score (nSPS) is 16.8. The minimum absolute atomic E-state index is 0. The number of halogens is 2. The van der Waals surface area contributed by atoms with Crippen molar-refractivity contribution in [1.29, 1.82) is 0 Å². The quantitative estimate of drug-likeness (QED) is 0.801. The summed E-state index contributed by atoms with van der Waals surface area (Å²) in [5.74, 6) is -0.0105. The zero-order chi connectivity index (χ0) is 15.0. The summed E-state index contributed by atoms with van der Waals surface area (Å²) >= 11 is 7.97.